The fourth-order valence-electron chi connectivity index (χ4n) is 2.19. The summed E-state index contributed by atoms with van der Waals surface area (Å²) in [7, 11) is 0. The van der Waals surface area contributed by atoms with Gasteiger partial charge in [0.05, 0.1) is 19.8 Å². The zero-order valence-electron chi connectivity index (χ0n) is 10.4. The monoisotopic (exact) mass is 244 g/mol. The highest BCUT2D eigenvalue weighted by atomic mass is 16.5. The maximum absolute atomic E-state index is 11.8. The SMILES string of the molecule is CCC1(CC)C(=O)NC(=O)N1CCOCCO. The molecule has 3 amide bonds. The number of carbonyl (C=O) groups excluding carboxylic acids is 2. The van der Waals surface area contributed by atoms with Crippen molar-refractivity contribution in [1.82, 2.24) is 10.2 Å². The van der Waals surface area contributed by atoms with Crippen LogP contribution in [0.25, 0.3) is 0 Å². The fourth-order valence-corrected chi connectivity index (χ4v) is 2.19. The first-order valence-electron chi connectivity index (χ1n) is 5.94. The van der Waals surface area contributed by atoms with Gasteiger partial charge in [0.25, 0.3) is 5.91 Å². The third-order valence-corrected chi connectivity index (χ3v) is 3.27. The van der Waals surface area contributed by atoms with Crippen LogP contribution in [0.15, 0.2) is 0 Å². The zero-order valence-corrected chi connectivity index (χ0v) is 10.4. The largest absolute Gasteiger partial charge is 0.394 e. The smallest absolute Gasteiger partial charge is 0.325 e. The molecule has 0 atom stereocenters. The van der Waals surface area contributed by atoms with Crippen LogP contribution in [0.2, 0.25) is 0 Å². The molecule has 98 valence electrons. The molecular weight excluding hydrogens is 224 g/mol. The molecule has 0 spiro atoms. The Kier molecular flexibility index (Phi) is 4.89. The van der Waals surface area contributed by atoms with Gasteiger partial charge < -0.3 is 14.7 Å². The lowest BCUT2D eigenvalue weighted by molar-refractivity contribution is -0.127. The standard InChI is InChI=1S/C11H20N2O4/c1-3-11(4-2)9(15)12-10(16)13(11)5-7-17-8-6-14/h14H,3-8H2,1-2H3,(H,12,15,16). The number of amides is 3. The summed E-state index contributed by atoms with van der Waals surface area (Å²) < 4.78 is 5.13. The van der Waals surface area contributed by atoms with E-state index in [1.165, 1.54) is 4.90 Å². The number of aliphatic hydroxyl groups excluding tert-OH is 1. The summed E-state index contributed by atoms with van der Waals surface area (Å²) in [6.07, 6.45) is 1.17. The molecule has 1 rings (SSSR count). The second-order valence-corrected chi connectivity index (χ2v) is 3.99. The van der Waals surface area contributed by atoms with Crippen LogP contribution in [0, 0.1) is 0 Å². The molecule has 0 aromatic heterocycles. The Labute approximate surface area is 101 Å². The minimum absolute atomic E-state index is 0.0438. The molecule has 0 aromatic carbocycles. The quantitative estimate of drug-likeness (QED) is 0.492. The van der Waals surface area contributed by atoms with Gasteiger partial charge in [0.2, 0.25) is 0 Å². The molecule has 17 heavy (non-hydrogen) atoms. The van der Waals surface area contributed by atoms with Gasteiger partial charge in [-0.05, 0) is 12.8 Å². The van der Waals surface area contributed by atoms with Crippen LogP contribution in [0.1, 0.15) is 26.7 Å². The number of aliphatic hydroxyl groups is 1. The number of urea groups is 1. The Hall–Kier alpha value is -1.14. The molecule has 0 radical (unpaired) electrons. The van der Waals surface area contributed by atoms with Crippen molar-refractivity contribution in [2.24, 2.45) is 0 Å². The van der Waals surface area contributed by atoms with Crippen molar-refractivity contribution in [2.75, 3.05) is 26.4 Å². The summed E-state index contributed by atoms with van der Waals surface area (Å²) in [6, 6.07) is -0.355. The van der Waals surface area contributed by atoms with E-state index in [4.69, 9.17) is 9.84 Å². The topological polar surface area (TPSA) is 78.9 Å². The molecule has 0 saturated carbocycles. The third-order valence-electron chi connectivity index (χ3n) is 3.27. The van der Waals surface area contributed by atoms with Crippen molar-refractivity contribution in [2.45, 2.75) is 32.2 Å². The first kappa shape index (κ1) is 13.9. The van der Waals surface area contributed by atoms with E-state index in [1.54, 1.807) is 0 Å². The predicted molar refractivity (Wildman–Crippen MR) is 61.5 cm³/mol. The van der Waals surface area contributed by atoms with Crippen molar-refractivity contribution in [1.29, 1.82) is 0 Å². The van der Waals surface area contributed by atoms with Crippen molar-refractivity contribution in [3.05, 3.63) is 0 Å². The first-order chi connectivity index (χ1) is 8.12. The third kappa shape index (κ3) is 2.58. The maximum atomic E-state index is 11.8. The van der Waals surface area contributed by atoms with Gasteiger partial charge in [0, 0.05) is 6.54 Å². The van der Waals surface area contributed by atoms with Crippen molar-refractivity contribution in [3.8, 4) is 0 Å². The van der Waals surface area contributed by atoms with E-state index in [9.17, 15) is 9.59 Å². The zero-order chi connectivity index (χ0) is 12.9. The molecule has 6 nitrogen and oxygen atoms in total. The van der Waals surface area contributed by atoms with Crippen LogP contribution in [0.5, 0.6) is 0 Å². The number of hydrogen-bond acceptors (Lipinski definition) is 4. The molecule has 0 aromatic rings. The lowest BCUT2D eigenvalue weighted by Crippen LogP contribution is -2.49. The van der Waals surface area contributed by atoms with Gasteiger partial charge in [-0.1, -0.05) is 13.8 Å². The van der Waals surface area contributed by atoms with E-state index in [0.717, 1.165) is 0 Å². The van der Waals surface area contributed by atoms with Crippen molar-refractivity contribution in [3.63, 3.8) is 0 Å². The maximum Gasteiger partial charge on any atom is 0.325 e. The number of carbonyl (C=O) groups is 2. The normalized spacial score (nSPS) is 18.6. The number of nitrogens with one attached hydrogen (secondary N) is 1. The lowest BCUT2D eigenvalue weighted by Gasteiger charge is -2.33. The molecule has 2 N–H and O–H groups in total. The molecule has 6 heteroatoms. The number of imide groups is 1. The van der Waals surface area contributed by atoms with E-state index in [2.05, 4.69) is 5.32 Å². The first-order valence-corrected chi connectivity index (χ1v) is 5.94. The van der Waals surface area contributed by atoms with Gasteiger partial charge in [0.1, 0.15) is 5.54 Å². The van der Waals surface area contributed by atoms with Crippen LogP contribution < -0.4 is 5.32 Å². The number of hydrogen-bond donors (Lipinski definition) is 2. The van der Waals surface area contributed by atoms with Gasteiger partial charge in [-0.3, -0.25) is 10.1 Å². The highest BCUT2D eigenvalue weighted by Crippen LogP contribution is 2.28. The van der Waals surface area contributed by atoms with Gasteiger partial charge in [-0.25, -0.2) is 4.79 Å². The predicted octanol–water partition coefficient (Wildman–Crippen LogP) is 0.106. The van der Waals surface area contributed by atoms with Crippen LogP contribution in [0.3, 0.4) is 0 Å². The molecule has 0 aliphatic carbocycles. The van der Waals surface area contributed by atoms with Gasteiger partial charge >= 0.3 is 6.03 Å². The fraction of sp³-hybridized carbons (Fsp3) is 0.818. The van der Waals surface area contributed by atoms with Gasteiger partial charge in [-0.15, -0.1) is 0 Å². The Morgan fingerprint density at radius 3 is 2.47 bits per heavy atom. The second-order valence-electron chi connectivity index (χ2n) is 3.99. The van der Waals surface area contributed by atoms with E-state index in [0.29, 0.717) is 26.0 Å². The van der Waals surface area contributed by atoms with E-state index in [1.807, 2.05) is 13.8 Å². The molecule has 1 aliphatic rings. The van der Waals surface area contributed by atoms with Crippen LogP contribution >= 0.6 is 0 Å². The highest BCUT2D eigenvalue weighted by Gasteiger charge is 2.49. The lowest BCUT2D eigenvalue weighted by atomic mass is 9.91. The minimum Gasteiger partial charge on any atom is -0.394 e. The Balaban J connectivity index is 2.66. The Morgan fingerprint density at radius 2 is 1.94 bits per heavy atom. The molecule has 1 saturated heterocycles. The average molecular weight is 244 g/mol. The highest BCUT2D eigenvalue weighted by molar-refractivity contribution is 6.06. The molecule has 0 bridgehead atoms. The summed E-state index contributed by atoms with van der Waals surface area (Å²) in [5.41, 5.74) is -0.736. The summed E-state index contributed by atoms with van der Waals surface area (Å²) in [5, 5.41) is 10.9. The Morgan fingerprint density at radius 1 is 1.29 bits per heavy atom. The summed E-state index contributed by atoms with van der Waals surface area (Å²) in [4.78, 5) is 25.0. The molecule has 1 heterocycles. The van der Waals surface area contributed by atoms with Crippen LogP contribution in [-0.2, 0) is 9.53 Å². The van der Waals surface area contributed by atoms with Crippen LogP contribution in [-0.4, -0.2) is 53.8 Å². The minimum atomic E-state index is -0.736. The van der Waals surface area contributed by atoms with Crippen molar-refractivity contribution >= 4 is 11.9 Å². The number of rotatable bonds is 7. The summed E-state index contributed by atoms with van der Waals surface area (Å²) in [6.45, 7) is 4.67. The molecular formula is C11H20N2O4. The summed E-state index contributed by atoms with van der Waals surface area (Å²) in [5.74, 6) is -0.227. The Bertz CT molecular complexity index is 289. The second kappa shape index (κ2) is 5.97. The number of ether oxygens (including phenoxy) is 1. The van der Waals surface area contributed by atoms with E-state index < -0.39 is 5.54 Å². The van der Waals surface area contributed by atoms with Gasteiger partial charge in [-0.2, -0.15) is 0 Å². The molecule has 1 fully saturated rings. The summed E-state index contributed by atoms with van der Waals surface area (Å²) >= 11 is 0. The van der Waals surface area contributed by atoms with E-state index >= 15 is 0 Å². The van der Waals surface area contributed by atoms with E-state index in [-0.39, 0.29) is 25.2 Å². The van der Waals surface area contributed by atoms with Crippen molar-refractivity contribution < 1.29 is 19.4 Å². The molecule has 0 unspecified atom stereocenters. The van der Waals surface area contributed by atoms with Gasteiger partial charge in [0.15, 0.2) is 0 Å². The number of nitrogens with zero attached hydrogens (tertiary/aromatic N) is 1. The average Bonchev–Trinajstić information content (AvgIpc) is 2.56. The molecule has 1 aliphatic heterocycles. The van der Waals surface area contributed by atoms with Crippen LogP contribution in [0.4, 0.5) is 4.79 Å².